The van der Waals surface area contributed by atoms with Crippen molar-refractivity contribution in [3.63, 3.8) is 0 Å². The zero-order valence-corrected chi connectivity index (χ0v) is 12.8. The summed E-state index contributed by atoms with van der Waals surface area (Å²) >= 11 is 17.6. The predicted octanol–water partition coefficient (Wildman–Crippen LogP) is 4.02. The van der Waals surface area contributed by atoms with Crippen molar-refractivity contribution in [3.8, 4) is 0 Å². The molecule has 20 heavy (non-hydrogen) atoms. The highest BCUT2D eigenvalue weighted by atomic mass is 35.5. The lowest BCUT2D eigenvalue weighted by atomic mass is 10.2. The zero-order chi connectivity index (χ0) is 15.3. The van der Waals surface area contributed by atoms with Crippen LogP contribution >= 0.6 is 34.8 Å². The summed E-state index contributed by atoms with van der Waals surface area (Å²) in [5.74, 6) is -1.10. The molecule has 0 radical (unpaired) electrons. The van der Waals surface area contributed by atoms with Gasteiger partial charge in [0.2, 0.25) is 0 Å². The number of nitrogens with one attached hydrogen (secondary N) is 2. The first kappa shape index (κ1) is 16.9. The van der Waals surface area contributed by atoms with Crippen LogP contribution < -0.4 is 10.6 Å². The molecule has 8 heteroatoms. The second-order valence-corrected chi connectivity index (χ2v) is 5.27. The first-order valence-corrected chi connectivity index (χ1v) is 6.93. The molecule has 1 rings (SSSR count). The quantitative estimate of drug-likeness (QED) is 0.758. The summed E-state index contributed by atoms with van der Waals surface area (Å²) in [6.07, 6.45) is 0.949. The molecule has 2 amide bonds. The van der Waals surface area contributed by atoms with E-state index in [2.05, 4.69) is 10.6 Å². The van der Waals surface area contributed by atoms with Crippen molar-refractivity contribution >= 4 is 52.5 Å². The van der Waals surface area contributed by atoms with E-state index < -0.39 is 18.0 Å². The minimum absolute atomic E-state index is 0.167. The van der Waals surface area contributed by atoms with E-state index in [4.69, 9.17) is 39.9 Å². The van der Waals surface area contributed by atoms with Gasteiger partial charge in [-0.25, -0.2) is 9.59 Å². The Kier molecular flexibility index (Phi) is 6.39. The monoisotopic (exact) mass is 338 g/mol. The van der Waals surface area contributed by atoms with Crippen LogP contribution in [0.15, 0.2) is 12.1 Å². The fourth-order valence-electron chi connectivity index (χ4n) is 1.52. The number of carboxylic acid groups (broad SMARTS) is 1. The van der Waals surface area contributed by atoms with Gasteiger partial charge in [0.1, 0.15) is 6.04 Å². The molecule has 5 nitrogen and oxygen atoms in total. The Hall–Kier alpha value is -1.17. The topological polar surface area (TPSA) is 78.4 Å². The maximum absolute atomic E-state index is 11.8. The molecule has 0 aliphatic heterocycles. The number of carbonyl (C=O) groups is 2. The van der Waals surface area contributed by atoms with Crippen LogP contribution in [-0.2, 0) is 4.79 Å². The van der Waals surface area contributed by atoms with Gasteiger partial charge in [-0.2, -0.15) is 0 Å². The van der Waals surface area contributed by atoms with E-state index in [9.17, 15) is 9.59 Å². The zero-order valence-electron chi connectivity index (χ0n) is 10.5. The molecule has 0 saturated carbocycles. The molecule has 1 aromatic rings. The highest BCUT2D eigenvalue weighted by molar-refractivity contribution is 6.42. The number of hydrogen-bond donors (Lipinski definition) is 3. The van der Waals surface area contributed by atoms with Crippen molar-refractivity contribution < 1.29 is 14.7 Å². The van der Waals surface area contributed by atoms with Gasteiger partial charge in [-0.3, -0.25) is 0 Å². The normalized spacial score (nSPS) is 11.8. The molecule has 0 aliphatic carbocycles. The SMILES string of the molecule is CCCC(NC(=O)Nc1c(Cl)cc(Cl)cc1Cl)C(=O)O. The Morgan fingerprint density at radius 1 is 1.25 bits per heavy atom. The number of carboxylic acids is 1. The molecule has 0 fully saturated rings. The maximum atomic E-state index is 11.8. The number of hydrogen-bond acceptors (Lipinski definition) is 2. The lowest BCUT2D eigenvalue weighted by Crippen LogP contribution is -2.42. The number of anilines is 1. The van der Waals surface area contributed by atoms with Gasteiger partial charge in [-0.1, -0.05) is 48.1 Å². The summed E-state index contributed by atoms with van der Waals surface area (Å²) in [4.78, 5) is 22.7. The fraction of sp³-hybridized carbons (Fsp3) is 0.333. The largest absolute Gasteiger partial charge is 0.480 e. The van der Waals surface area contributed by atoms with E-state index in [1.54, 1.807) is 0 Å². The molecule has 3 N–H and O–H groups in total. The van der Waals surface area contributed by atoms with E-state index in [-0.39, 0.29) is 15.7 Å². The third-order valence-corrected chi connectivity index (χ3v) is 3.24. The van der Waals surface area contributed by atoms with Gasteiger partial charge >= 0.3 is 12.0 Å². The third kappa shape index (κ3) is 4.74. The van der Waals surface area contributed by atoms with Gasteiger partial charge in [0, 0.05) is 5.02 Å². The number of aliphatic carboxylic acids is 1. The summed E-state index contributed by atoms with van der Waals surface area (Å²) in [6.45, 7) is 1.82. The molecule has 0 saturated heterocycles. The second-order valence-electron chi connectivity index (χ2n) is 4.02. The Morgan fingerprint density at radius 2 is 1.80 bits per heavy atom. The van der Waals surface area contributed by atoms with Gasteiger partial charge in [0.15, 0.2) is 0 Å². The van der Waals surface area contributed by atoms with Crippen molar-refractivity contribution in [2.24, 2.45) is 0 Å². The molecule has 0 aliphatic rings. The van der Waals surface area contributed by atoms with Gasteiger partial charge < -0.3 is 15.7 Å². The van der Waals surface area contributed by atoms with Crippen LogP contribution in [0.2, 0.25) is 15.1 Å². The van der Waals surface area contributed by atoms with Gasteiger partial charge in [-0.05, 0) is 18.6 Å². The highest BCUT2D eigenvalue weighted by Gasteiger charge is 2.20. The van der Waals surface area contributed by atoms with Gasteiger partial charge in [-0.15, -0.1) is 0 Å². The molecule has 0 bridgehead atoms. The molecule has 1 unspecified atom stereocenters. The fourth-order valence-corrected chi connectivity index (χ4v) is 2.43. The van der Waals surface area contributed by atoms with Crippen LogP contribution in [0.5, 0.6) is 0 Å². The number of halogens is 3. The standard InChI is InChI=1S/C12H13Cl3N2O3/c1-2-3-9(11(18)19)16-12(20)17-10-7(14)4-6(13)5-8(10)15/h4-5,9H,2-3H2,1H3,(H,18,19)(H2,16,17,20). The molecular weight excluding hydrogens is 327 g/mol. The molecule has 1 atom stereocenters. The Bertz CT molecular complexity index is 500. The average molecular weight is 340 g/mol. The first-order valence-electron chi connectivity index (χ1n) is 5.80. The number of carbonyl (C=O) groups excluding carboxylic acids is 1. The van der Waals surface area contributed by atoms with E-state index in [0.717, 1.165) is 0 Å². The van der Waals surface area contributed by atoms with Crippen molar-refractivity contribution in [1.29, 1.82) is 0 Å². The molecular formula is C12H13Cl3N2O3. The molecule has 0 heterocycles. The number of benzene rings is 1. The number of amides is 2. The summed E-state index contributed by atoms with van der Waals surface area (Å²) < 4.78 is 0. The van der Waals surface area contributed by atoms with Gasteiger partial charge in [0.25, 0.3) is 0 Å². The molecule has 1 aromatic carbocycles. The Balaban J connectivity index is 2.78. The Morgan fingerprint density at radius 3 is 2.25 bits per heavy atom. The third-order valence-electron chi connectivity index (χ3n) is 2.43. The lowest BCUT2D eigenvalue weighted by molar-refractivity contribution is -0.139. The van der Waals surface area contributed by atoms with Crippen molar-refractivity contribution in [2.45, 2.75) is 25.8 Å². The minimum atomic E-state index is -1.10. The molecule has 0 spiro atoms. The summed E-state index contributed by atoms with van der Waals surface area (Å²) in [5.41, 5.74) is 0.177. The molecule has 0 aromatic heterocycles. The van der Waals surface area contributed by atoms with E-state index in [1.807, 2.05) is 6.92 Å². The minimum Gasteiger partial charge on any atom is -0.480 e. The number of urea groups is 1. The Labute approximate surface area is 131 Å². The molecule has 110 valence electrons. The summed E-state index contributed by atoms with van der Waals surface area (Å²) in [5, 5.41) is 14.4. The highest BCUT2D eigenvalue weighted by Crippen LogP contribution is 2.33. The van der Waals surface area contributed by atoms with E-state index in [0.29, 0.717) is 17.9 Å². The van der Waals surface area contributed by atoms with E-state index in [1.165, 1.54) is 12.1 Å². The van der Waals surface area contributed by atoms with Crippen LogP contribution in [0, 0.1) is 0 Å². The van der Waals surface area contributed by atoms with Crippen LogP contribution in [-0.4, -0.2) is 23.1 Å². The van der Waals surface area contributed by atoms with Crippen LogP contribution in [0.25, 0.3) is 0 Å². The summed E-state index contributed by atoms with van der Waals surface area (Å²) in [6, 6.07) is 1.18. The lowest BCUT2D eigenvalue weighted by Gasteiger charge is -2.15. The van der Waals surface area contributed by atoms with E-state index >= 15 is 0 Å². The van der Waals surface area contributed by atoms with Crippen LogP contribution in [0.3, 0.4) is 0 Å². The number of rotatable bonds is 5. The second kappa shape index (κ2) is 7.57. The average Bonchev–Trinajstić information content (AvgIpc) is 2.33. The van der Waals surface area contributed by atoms with Crippen LogP contribution in [0.4, 0.5) is 10.5 Å². The van der Waals surface area contributed by atoms with Crippen molar-refractivity contribution in [2.75, 3.05) is 5.32 Å². The summed E-state index contributed by atoms with van der Waals surface area (Å²) in [7, 11) is 0. The predicted molar refractivity (Wildman–Crippen MR) is 80.0 cm³/mol. The van der Waals surface area contributed by atoms with Crippen molar-refractivity contribution in [3.05, 3.63) is 27.2 Å². The smallest absolute Gasteiger partial charge is 0.326 e. The van der Waals surface area contributed by atoms with Gasteiger partial charge in [0.05, 0.1) is 15.7 Å². The van der Waals surface area contributed by atoms with Crippen molar-refractivity contribution in [1.82, 2.24) is 5.32 Å². The van der Waals surface area contributed by atoms with Crippen LogP contribution in [0.1, 0.15) is 19.8 Å². The maximum Gasteiger partial charge on any atom is 0.326 e. The first-order chi connectivity index (χ1) is 9.35.